The molecule has 158 valence electrons. The van der Waals surface area contributed by atoms with Crippen LogP contribution in [0.25, 0.3) is 0 Å². The molecule has 5 nitrogen and oxygen atoms in total. The third-order valence-corrected chi connectivity index (χ3v) is 6.52. The minimum Gasteiger partial charge on any atom is -0.497 e. The van der Waals surface area contributed by atoms with Crippen LogP contribution in [0, 0.1) is 20.8 Å². The van der Waals surface area contributed by atoms with Crippen LogP contribution in [0.4, 0.5) is 0 Å². The molecule has 0 amide bonds. The Hall–Kier alpha value is -3.30. The molecular formula is C25H24O5P+. The molecule has 0 N–H and O–H groups in total. The highest BCUT2D eigenvalue weighted by Crippen LogP contribution is 2.33. The second kappa shape index (κ2) is 9.23. The zero-order valence-electron chi connectivity index (χ0n) is 18.2. The van der Waals surface area contributed by atoms with Crippen molar-refractivity contribution in [3.8, 4) is 11.5 Å². The lowest BCUT2D eigenvalue weighted by atomic mass is 10.0. The maximum atomic E-state index is 13.3. The van der Waals surface area contributed by atoms with E-state index in [2.05, 4.69) is 0 Å². The number of rotatable bonds is 7. The fraction of sp³-hybridized carbons (Fsp3) is 0.200. The zero-order chi connectivity index (χ0) is 22.7. The summed E-state index contributed by atoms with van der Waals surface area (Å²) in [4.78, 5) is 26.5. The predicted octanol–water partition coefficient (Wildman–Crippen LogP) is 5.15. The standard InChI is InChI=1S/C25H24O5P/c1-15-12-16(2)23(17(3)13-15)25(27)31(28)22-9-7-6-8-20(22)24(26)19-11-10-18(29-4)14-21(19)30-5/h6-14H,1-5H3/q+1. The molecule has 0 spiro atoms. The van der Waals surface area contributed by atoms with Crippen molar-refractivity contribution in [1.82, 2.24) is 0 Å². The first-order valence-corrected chi connectivity index (χ1v) is 11.0. The van der Waals surface area contributed by atoms with Gasteiger partial charge in [-0.1, -0.05) is 34.4 Å². The summed E-state index contributed by atoms with van der Waals surface area (Å²) < 4.78 is 23.9. The fourth-order valence-electron chi connectivity index (χ4n) is 3.70. The highest BCUT2D eigenvalue weighted by Gasteiger charge is 2.38. The number of benzene rings is 3. The van der Waals surface area contributed by atoms with E-state index in [4.69, 9.17) is 9.47 Å². The molecule has 1 atom stereocenters. The van der Waals surface area contributed by atoms with Crippen molar-refractivity contribution in [1.29, 1.82) is 0 Å². The van der Waals surface area contributed by atoms with Gasteiger partial charge in [0.2, 0.25) is 11.1 Å². The maximum absolute atomic E-state index is 13.3. The van der Waals surface area contributed by atoms with Crippen LogP contribution in [-0.4, -0.2) is 25.5 Å². The van der Waals surface area contributed by atoms with Gasteiger partial charge in [0, 0.05) is 6.07 Å². The number of hydrogen-bond donors (Lipinski definition) is 0. The van der Waals surface area contributed by atoms with Crippen molar-refractivity contribution >= 4 is 24.4 Å². The Bertz CT molecular complexity index is 1170. The maximum Gasteiger partial charge on any atom is 0.459 e. The summed E-state index contributed by atoms with van der Waals surface area (Å²) in [6.07, 6.45) is 0. The quantitative estimate of drug-likeness (QED) is 0.379. The summed E-state index contributed by atoms with van der Waals surface area (Å²) in [5.41, 5.74) is 3.04. The Labute approximate surface area is 182 Å². The molecule has 31 heavy (non-hydrogen) atoms. The van der Waals surface area contributed by atoms with E-state index in [1.165, 1.54) is 14.2 Å². The minimum absolute atomic E-state index is 0.211. The summed E-state index contributed by atoms with van der Waals surface area (Å²) in [5, 5.41) is 0.213. The van der Waals surface area contributed by atoms with E-state index < -0.39 is 13.3 Å². The first-order chi connectivity index (χ1) is 14.8. The number of ether oxygens (including phenoxy) is 2. The smallest absolute Gasteiger partial charge is 0.459 e. The Kier molecular flexibility index (Phi) is 6.67. The van der Waals surface area contributed by atoms with Gasteiger partial charge >= 0.3 is 13.3 Å². The Morgan fingerprint density at radius 3 is 2.06 bits per heavy atom. The van der Waals surface area contributed by atoms with Crippen molar-refractivity contribution in [2.45, 2.75) is 20.8 Å². The number of carbonyl (C=O) groups excluding carboxylic acids is 2. The molecule has 0 heterocycles. The summed E-state index contributed by atoms with van der Waals surface area (Å²) in [6.45, 7) is 5.61. The molecule has 3 aromatic rings. The van der Waals surface area contributed by atoms with Crippen LogP contribution < -0.4 is 14.8 Å². The Balaban J connectivity index is 2.06. The minimum atomic E-state index is -2.50. The number of methoxy groups -OCH3 is 2. The van der Waals surface area contributed by atoms with Gasteiger partial charge in [-0.3, -0.25) is 4.79 Å². The monoisotopic (exact) mass is 435 g/mol. The SMILES string of the molecule is COc1ccc(C(=O)c2ccccc2[P+](=O)C(=O)c2c(C)cc(C)cc2C)c(OC)c1. The van der Waals surface area contributed by atoms with Crippen molar-refractivity contribution in [3.63, 3.8) is 0 Å². The normalized spacial score (nSPS) is 11.1. The van der Waals surface area contributed by atoms with Crippen molar-refractivity contribution in [3.05, 3.63) is 88.0 Å². The van der Waals surface area contributed by atoms with Crippen LogP contribution in [0.1, 0.15) is 43.0 Å². The van der Waals surface area contributed by atoms with Gasteiger partial charge in [-0.2, -0.15) is 0 Å². The predicted molar refractivity (Wildman–Crippen MR) is 122 cm³/mol. The lowest BCUT2D eigenvalue weighted by Crippen LogP contribution is -2.17. The Morgan fingerprint density at radius 1 is 0.806 bits per heavy atom. The van der Waals surface area contributed by atoms with Crippen molar-refractivity contribution in [2.75, 3.05) is 14.2 Å². The molecular weight excluding hydrogens is 411 g/mol. The van der Waals surface area contributed by atoms with Crippen LogP contribution in [0.3, 0.4) is 0 Å². The molecule has 0 aliphatic rings. The van der Waals surface area contributed by atoms with Gasteiger partial charge in [0.1, 0.15) is 11.5 Å². The van der Waals surface area contributed by atoms with E-state index in [9.17, 15) is 14.2 Å². The van der Waals surface area contributed by atoms with E-state index in [-0.39, 0.29) is 16.7 Å². The van der Waals surface area contributed by atoms with Gasteiger partial charge in [0.25, 0.3) is 0 Å². The second-order valence-electron chi connectivity index (χ2n) is 7.29. The van der Waals surface area contributed by atoms with Crippen LogP contribution in [-0.2, 0) is 4.57 Å². The average molecular weight is 435 g/mol. The molecule has 0 bridgehead atoms. The van der Waals surface area contributed by atoms with Crippen LogP contribution in [0.5, 0.6) is 11.5 Å². The molecule has 0 fully saturated rings. The molecule has 0 saturated carbocycles. The van der Waals surface area contributed by atoms with E-state index in [1.807, 2.05) is 32.9 Å². The van der Waals surface area contributed by atoms with Gasteiger partial charge in [-0.25, -0.2) is 4.79 Å². The van der Waals surface area contributed by atoms with Crippen LogP contribution >= 0.6 is 7.80 Å². The second-order valence-corrected chi connectivity index (χ2v) is 8.76. The first-order valence-electron chi connectivity index (χ1n) is 9.73. The van der Waals surface area contributed by atoms with E-state index >= 15 is 0 Å². The van der Waals surface area contributed by atoms with E-state index in [1.54, 1.807) is 42.5 Å². The third kappa shape index (κ3) is 4.42. The molecule has 0 aromatic heterocycles. The van der Waals surface area contributed by atoms with Crippen molar-refractivity contribution in [2.24, 2.45) is 0 Å². The largest absolute Gasteiger partial charge is 0.497 e. The molecule has 0 aliphatic heterocycles. The van der Waals surface area contributed by atoms with Gasteiger partial charge < -0.3 is 9.47 Å². The number of carbonyl (C=O) groups is 2. The lowest BCUT2D eigenvalue weighted by molar-refractivity contribution is 0.103. The third-order valence-electron chi connectivity index (χ3n) is 5.10. The van der Waals surface area contributed by atoms with Gasteiger partial charge in [0.05, 0.1) is 30.9 Å². The topological polar surface area (TPSA) is 69.7 Å². The fourth-order valence-corrected chi connectivity index (χ4v) is 5.09. The van der Waals surface area contributed by atoms with Crippen LogP contribution in [0.2, 0.25) is 0 Å². The highest BCUT2D eigenvalue weighted by molar-refractivity contribution is 7.71. The molecule has 0 saturated heterocycles. The van der Waals surface area contributed by atoms with Gasteiger partial charge in [0.15, 0.2) is 0 Å². The zero-order valence-corrected chi connectivity index (χ0v) is 19.1. The number of hydrogen-bond acceptors (Lipinski definition) is 5. The Morgan fingerprint density at radius 2 is 1.45 bits per heavy atom. The molecule has 3 rings (SSSR count). The lowest BCUT2D eigenvalue weighted by Gasteiger charge is -2.10. The summed E-state index contributed by atoms with van der Waals surface area (Å²) >= 11 is 0. The summed E-state index contributed by atoms with van der Waals surface area (Å²) in [5.74, 6) is 0.516. The highest BCUT2D eigenvalue weighted by atomic mass is 31.1. The number of aryl methyl sites for hydroxylation is 3. The first kappa shape index (κ1) is 22.4. The summed E-state index contributed by atoms with van der Waals surface area (Å²) in [7, 11) is 0.490. The van der Waals surface area contributed by atoms with Crippen LogP contribution in [0.15, 0.2) is 54.6 Å². The molecule has 0 aliphatic carbocycles. The number of ketones is 1. The average Bonchev–Trinajstić information content (AvgIpc) is 2.76. The summed E-state index contributed by atoms with van der Waals surface area (Å²) in [6, 6.07) is 15.2. The van der Waals surface area contributed by atoms with Crippen molar-refractivity contribution < 1.29 is 23.6 Å². The van der Waals surface area contributed by atoms with E-state index in [0.717, 1.165) is 16.7 Å². The van der Waals surface area contributed by atoms with Gasteiger partial charge in [-0.15, -0.1) is 0 Å². The molecule has 6 heteroatoms. The molecule has 3 aromatic carbocycles. The van der Waals surface area contributed by atoms with E-state index in [0.29, 0.717) is 22.6 Å². The van der Waals surface area contributed by atoms with Gasteiger partial charge in [-0.05, 0) is 56.2 Å². The molecule has 1 unspecified atom stereocenters. The molecule has 0 radical (unpaired) electrons.